The second kappa shape index (κ2) is 12.5. The Morgan fingerprint density at radius 1 is 0.472 bits per heavy atom. The fourth-order valence-electron chi connectivity index (χ4n) is 7.20. The van der Waals surface area contributed by atoms with Gasteiger partial charge in [0.25, 0.3) is 0 Å². The van der Waals surface area contributed by atoms with Gasteiger partial charge in [-0.3, -0.25) is 0 Å². The highest BCUT2D eigenvalue weighted by molar-refractivity contribution is 6.07. The predicted octanol–water partition coefficient (Wildman–Crippen LogP) is 12.3. The zero-order valence-electron chi connectivity index (χ0n) is 30.6. The molecule has 0 saturated carbocycles. The van der Waals surface area contributed by atoms with E-state index in [1.165, 1.54) is 0 Å². The molecule has 0 aliphatic carbocycles. The van der Waals surface area contributed by atoms with Gasteiger partial charge in [0, 0.05) is 32.7 Å². The quantitative estimate of drug-likeness (QED) is 0.158. The van der Waals surface area contributed by atoms with Crippen LogP contribution in [0.4, 0.5) is 0 Å². The van der Waals surface area contributed by atoms with E-state index in [1.807, 2.05) is 42.5 Å². The van der Waals surface area contributed by atoms with E-state index in [0.717, 1.165) is 90.2 Å². The Morgan fingerprint density at radius 3 is 1.72 bits per heavy atom. The molecular weight excluding hydrogens is 653 g/mol. The summed E-state index contributed by atoms with van der Waals surface area (Å²) in [6, 6.07) is 43.8. The van der Waals surface area contributed by atoms with Crippen LogP contribution in [-0.2, 0) is 17.3 Å². The van der Waals surface area contributed by atoms with Gasteiger partial charge >= 0.3 is 0 Å². The maximum atomic E-state index is 6.65. The van der Waals surface area contributed by atoms with Crippen LogP contribution in [0, 0.1) is 0 Å². The first-order valence-corrected chi connectivity index (χ1v) is 18.3. The molecule has 0 radical (unpaired) electrons. The number of benzene rings is 5. The molecule has 6 nitrogen and oxygen atoms in total. The molecule has 5 aromatic carbocycles. The van der Waals surface area contributed by atoms with Crippen LogP contribution in [0.25, 0.3) is 77.8 Å². The topological polar surface area (TPSA) is 77.8 Å². The fraction of sp³-hybridized carbons (Fsp3) is 0.191. The van der Waals surface area contributed by atoms with E-state index in [9.17, 15) is 0 Å². The number of rotatable bonds is 8. The lowest BCUT2D eigenvalue weighted by molar-refractivity contribution is 0.475. The van der Waals surface area contributed by atoms with Crippen molar-refractivity contribution in [2.45, 2.75) is 58.3 Å². The fourth-order valence-corrected chi connectivity index (χ4v) is 7.20. The van der Waals surface area contributed by atoms with Crippen LogP contribution in [0.2, 0.25) is 0 Å². The van der Waals surface area contributed by atoms with Crippen molar-refractivity contribution in [3.05, 3.63) is 145 Å². The summed E-state index contributed by atoms with van der Waals surface area (Å²) in [4.78, 5) is 20.8. The zero-order chi connectivity index (χ0) is 36.3. The molecule has 9 aromatic rings. The second-order valence-electron chi connectivity index (χ2n) is 15.3. The Labute approximate surface area is 308 Å². The molecule has 0 atom stereocenters. The molecule has 6 heteroatoms. The maximum absolute atomic E-state index is 6.65. The van der Waals surface area contributed by atoms with E-state index in [4.69, 9.17) is 28.8 Å². The predicted molar refractivity (Wildman–Crippen MR) is 215 cm³/mol. The molecule has 0 saturated heterocycles. The van der Waals surface area contributed by atoms with Crippen LogP contribution in [0.1, 0.15) is 58.3 Å². The highest BCUT2D eigenvalue weighted by Gasteiger charge is 2.30. The molecule has 0 spiro atoms. The first-order valence-electron chi connectivity index (χ1n) is 18.3. The van der Waals surface area contributed by atoms with Crippen LogP contribution in [0.5, 0.6) is 0 Å². The number of aromatic nitrogens is 4. The molecule has 0 bridgehead atoms. The highest BCUT2D eigenvalue weighted by Crippen LogP contribution is 2.40. The zero-order valence-corrected chi connectivity index (χ0v) is 30.6. The molecule has 0 aliphatic heterocycles. The Kier molecular flexibility index (Phi) is 7.73. The summed E-state index contributed by atoms with van der Waals surface area (Å²) in [6.45, 7) is 11.0. The monoisotopic (exact) mass is 692 g/mol. The molecule has 0 aliphatic rings. The molecule has 0 amide bonds. The first-order chi connectivity index (χ1) is 25.7. The lowest BCUT2D eigenvalue weighted by atomic mass is 9.84. The van der Waals surface area contributed by atoms with Crippen LogP contribution >= 0.6 is 0 Å². The Bertz CT molecular complexity index is 2800. The largest absolute Gasteiger partial charge is 0.452 e. The van der Waals surface area contributed by atoms with Gasteiger partial charge in [0.2, 0.25) is 0 Å². The van der Waals surface area contributed by atoms with Crippen LogP contribution in [0.3, 0.4) is 0 Å². The SMILES string of the molecule is CCC(C)(C)c1nc(-c2ccccc2)c2oc3cc(CC(C)(C)c4nc(-c5cccc(-c6ccccc6)c5)c5oc6ccccc6c5n4)ccc3c2n1. The van der Waals surface area contributed by atoms with Gasteiger partial charge in [0.05, 0.1) is 0 Å². The molecule has 53 heavy (non-hydrogen) atoms. The summed E-state index contributed by atoms with van der Waals surface area (Å²) in [7, 11) is 0. The average molecular weight is 693 g/mol. The van der Waals surface area contributed by atoms with Crippen molar-refractivity contribution in [2.24, 2.45) is 0 Å². The van der Waals surface area contributed by atoms with Crippen molar-refractivity contribution in [1.82, 2.24) is 19.9 Å². The number of hydrogen-bond acceptors (Lipinski definition) is 6. The van der Waals surface area contributed by atoms with E-state index in [1.54, 1.807) is 0 Å². The molecule has 9 rings (SSSR count). The molecule has 4 heterocycles. The standard InChI is InChI=1S/C47H40N4O2/c1-6-46(2,3)44-48-38(31-18-11-8-12-19-31)42-41(50-44)35-25-24-29(26-37(35)53-42)28-47(4,5)45-49-39(43-40(51-45)34-22-13-14-23-36(34)52-43)33-21-15-20-32(27-33)30-16-9-7-10-17-30/h7-27H,6,28H2,1-5H3. The van der Waals surface area contributed by atoms with Gasteiger partial charge in [0.1, 0.15) is 45.2 Å². The van der Waals surface area contributed by atoms with Gasteiger partial charge in [-0.1, -0.05) is 132 Å². The van der Waals surface area contributed by atoms with Crippen LogP contribution in [0.15, 0.2) is 136 Å². The molecule has 0 unspecified atom stereocenters. The lowest BCUT2D eigenvalue weighted by Gasteiger charge is -2.24. The number of fused-ring (bicyclic) bond motifs is 6. The number of nitrogens with zero attached hydrogens (tertiary/aromatic N) is 4. The van der Waals surface area contributed by atoms with E-state index in [2.05, 4.69) is 120 Å². The number of para-hydroxylation sites is 1. The summed E-state index contributed by atoms with van der Waals surface area (Å²) in [5.41, 5.74) is 11.0. The molecule has 260 valence electrons. The normalized spacial score (nSPS) is 12.4. The third kappa shape index (κ3) is 5.75. The van der Waals surface area contributed by atoms with Gasteiger partial charge in [0.15, 0.2) is 11.2 Å². The molecule has 0 fully saturated rings. The number of hydrogen-bond donors (Lipinski definition) is 0. The second-order valence-corrected chi connectivity index (χ2v) is 15.3. The number of furan rings is 2. The summed E-state index contributed by atoms with van der Waals surface area (Å²) in [6.07, 6.45) is 1.61. The minimum atomic E-state index is -0.439. The molecule has 4 aromatic heterocycles. The van der Waals surface area contributed by atoms with Crippen LogP contribution in [-0.4, -0.2) is 19.9 Å². The van der Waals surface area contributed by atoms with E-state index in [-0.39, 0.29) is 5.41 Å². The van der Waals surface area contributed by atoms with Crippen molar-refractivity contribution in [3.63, 3.8) is 0 Å². The summed E-state index contributed by atoms with van der Waals surface area (Å²) in [5.74, 6) is 1.58. The first kappa shape index (κ1) is 32.7. The molecule has 0 N–H and O–H groups in total. The summed E-state index contributed by atoms with van der Waals surface area (Å²) < 4.78 is 13.1. The minimum absolute atomic E-state index is 0.186. The third-order valence-electron chi connectivity index (χ3n) is 10.6. The highest BCUT2D eigenvalue weighted by atomic mass is 16.3. The van der Waals surface area contributed by atoms with Crippen molar-refractivity contribution in [3.8, 4) is 33.6 Å². The van der Waals surface area contributed by atoms with Crippen molar-refractivity contribution >= 4 is 44.1 Å². The van der Waals surface area contributed by atoms with Gasteiger partial charge in [-0.15, -0.1) is 0 Å². The summed E-state index contributed by atoms with van der Waals surface area (Å²) in [5, 5.41) is 1.96. The minimum Gasteiger partial charge on any atom is -0.452 e. The molecular formula is C47H40N4O2. The summed E-state index contributed by atoms with van der Waals surface area (Å²) >= 11 is 0. The Balaban J connectivity index is 1.16. The van der Waals surface area contributed by atoms with Crippen molar-refractivity contribution < 1.29 is 8.83 Å². The van der Waals surface area contributed by atoms with Gasteiger partial charge in [-0.05, 0) is 59.9 Å². The lowest BCUT2D eigenvalue weighted by Crippen LogP contribution is -2.24. The van der Waals surface area contributed by atoms with E-state index < -0.39 is 5.41 Å². The van der Waals surface area contributed by atoms with Gasteiger partial charge in [-0.2, -0.15) is 0 Å². The maximum Gasteiger partial charge on any atom is 0.180 e. The van der Waals surface area contributed by atoms with E-state index in [0.29, 0.717) is 17.6 Å². The smallest absolute Gasteiger partial charge is 0.180 e. The van der Waals surface area contributed by atoms with Crippen LogP contribution < -0.4 is 0 Å². The van der Waals surface area contributed by atoms with Crippen molar-refractivity contribution in [2.75, 3.05) is 0 Å². The van der Waals surface area contributed by atoms with E-state index >= 15 is 0 Å². The Morgan fingerprint density at radius 2 is 1.02 bits per heavy atom. The van der Waals surface area contributed by atoms with Gasteiger partial charge in [-0.25, -0.2) is 19.9 Å². The van der Waals surface area contributed by atoms with Crippen molar-refractivity contribution in [1.29, 1.82) is 0 Å². The van der Waals surface area contributed by atoms with Gasteiger partial charge < -0.3 is 8.83 Å². The average Bonchev–Trinajstić information content (AvgIpc) is 3.76. The third-order valence-corrected chi connectivity index (χ3v) is 10.6. The Hall–Kier alpha value is -6.14.